The molecule has 0 saturated carbocycles. The minimum absolute atomic E-state index is 0.0211. The topological polar surface area (TPSA) is 82.8 Å². The predicted molar refractivity (Wildman–Crippen MR) is 131 cm³/mol. The van der Waals surface area contributed by atoms with Crippen LogP contribution in [0.25, 0.3) is 0 Å². The molecule has 1 atom stereocenters. The molecule has 6 heteroatoms. The molecule has 0 aromatic heterocycles. The molecule has 1 fully saturated rings. The highest BCUT2D eigenvalue weighted by Crippen LogP contribution is 2.19. The first-order valence-corrected chi connectivity index (χ1v) is 11.8. The number of aliphatic imine (C=N–C) groups is 1. The van der Waals surface area contributed by atoms with E-state index in [1.54, 1.807) is 0 Å². The van der Waals surface area contributed by atoms with Crippen LogP contribution in [0.1, 0.15) is 42.9 Å². The average Bonchev–Trinajstić information content (AvgIpc) is 2.81. The molecular formula is C26H37N5O. The molecule has 0 bridgehead atoms. The number of benzene rings is 2. The smallest absolute Gasteiger partial charge is 0.221 e. The lowest BCUT2D eigenvalue weighted by molar-refractivity contribution is -0.123. The van der Waals surface area contributed by atoms with Crippen LogP contribution in [0.5, 0.6) is 0 Å². The van der Waals surface area contributed by atoms with E-state index >= 15 is 0 Å². The standard InChI is InChI=1S/C26H37N5O/c1-2-28-26(29-15-7-13-21-9-4-3-5-10-21)30-18-22-11-6-12-23(17-22)19-31-16-8-14-24(20-31)25(27)32/h3-6,9-12,17,24H,2,7-8,13-16,18-20H2,1H3,(H2,27,32)(H2,28,29,30). The number of piperidine rings is 1. The Hall–Kier alpha value is -2.86. The van der Waals surface area contributed by atoms with Gasteiger partial charge in [0.15, 0.2) is 5.96 Å². The number of likely N-dealkylation sites (tertiary alicyclic amines) is 1. The largest absolute Gasteiger partial charge is 0.369 e. The zero-order valence-electron chi connectivity index (χ0n) is 19.2. The Labute approximate surface area is 192 Å². The number of carbonyl (C=O) groups excluding carboxylic acids is 1. The van der Waals surface area contributed by atoms with E-state index in [9.17, 15) is 4.79 Å². The number of amides is 1. The van der Waals surface area contributed by atoms with Crippen molar-refractivity contribution in [3.63, 3.8) is 0 Å². The number of nitrogens with two attached hydrogens (primary N) is 1. The van der Waals surface area contributed by atoms with Crippen LogP contribution < -0.4 is 16.4 Å². The second-order valence-corrected chi connectivity index (χ2v) is 8.51. The molecule has 6 nitrogen and oxygen atoms in total. The van der Waals surface area contributed by atoms with Gasteiger partial charge in [0.2, 0.25) is 5.91 Å². The Kier molecular flexibility index (Phi) is 9.57. The van der Waals surface area contributed by atoms with Crippen LogP contribution in [0, 0.1) is 5.92 Å². The highest BCUT2D eigenvalue weighted by atomic mass is 16.1. The van der Waals surface area contributed by atoms with E-state index in [0.29, 0.717) is 6.54 Å². The molecule has 3 rings (SSSR count). The first kappa shape index (κ1) is 23.8. The van der Waals surface area contributed by atoms with E-state index in [4.69, 9.17) is 10.7 Å². The fourth-order valence-corrected chi connectivity index (χ4v) is 4.17. The predicted octanol–water partition coefficient (Wildman–Crippen LogP) is 3.07. The van der Waals surface area contributed by atoms with E-state index in [-0.39, 0.29) is 11.8 Å². The minimum Gasteiger partial charge on any atom is -0.369 e. The third-order valence-corrected chi connectivity index (χ3v) is 5.85. The fraction of sp³-hybridized carbons (Fsp3) is 0.462. The SMILES string of the molecule is CCNC(=NCc1cccc(CN2CCCC(C(N)=O)C2)c1)NCCCc1ccccc1. The molecule has 0 aliphatic carbocycles. The van der Waals surface area contributed by atoms with Crippen LogP contribution in [-0.2, 0) is 24.3 Å². The van der Waals surface area contributed by atoms with Gasteiger partial charge < -0.3 is 16.4 Å². The van der Waals surface area contributed by atoms with Crippen molar-refractivity contribution >= 4 is 11.9 Å². The lowest BCUT2D eigenvalue weighted by atomic mass is 9.97. The zero-order chi connectivity index (χ0) is 22.6. The maximum atomic E-state index is 11.5. The first-order valence-electron chi connectivity index (χ1n) is 11.8. The summed E-state index contributed by atoms with van der Waals surface area (Å²) >= 11 is 0. The summed E-state index contributed by atoms with van der Waals surface area (Å²) in [5.74, 6) is 0.656. The first-order chi connectivity index (χ1) is 15.6. The van der Waals surface area contributed by atoms with Gasteiger partial charge in [-0.05, 0) is 55.8 Å². The van der Waals surface area contributed by atoms with Gasteiger partial charge in [0, 0.05) is 26.2 Å². The maximum absolute atomic E-state index is 11.5. The van der Waals surface area contributed by atoms with Crippen molar-refractivity contribution in [3.8, 4) is 0 Å². The number of rotatable bonds is 10. The van der Waals surface area contributed by atoms with Crippen molar-refractivity contribution in [2.24, 2.45) is 16.6 Å². The Morgan fingerprint density at radius 2 is 1.88 bits per heavy atom. The summed E-state index contributed by atoms with van der Waals surface area (Å²) in [6.07, 6.45) is 4.06. The highest BCUT2D eigenvalue weighted by Gasteiger charge is 2.23. The molecule has 4 N–H and O–H groups in total. The molecule has 172 valence electrons. The van der Waals surface area contributed by atoms with Crippen LogP contribution in [-0.4, -0.2) is 42.9 Å². The number of primary amides is 1. The molecule has 1 aliphatic heterocycles. The molecule has 1 amide bonds. The van der Waals surface area contributed by atoms with Gasteiger partial charge in [-0.2, -0.15) is 0 Å². The van der Waals surface area contributed by atoms with Crippen molar-refractivity contribution in [1.29, 1.82) is 0 Å². The monoisotopic (exact) mass is 435 g/mol. The van der Waals surface area contributed by atoms with E-state index < -0.39 is 0 Å². The van der Waals surface area contributed by atoms with Gasteiger partial charge in [0.1, 0.15) is 0 Å². The summed E-state index contributed by atoms with van der Waals surface area (Å²) in [5, 5.41) is 6.78. The molecule has 1 heterocycles. The number of nitrogens with one attached hydrogen (secondary N) is 2. The summed E-state index contributed by atoms with van der Waals surface area (Å²) in [4.78, 5) is 18.6. The van der Waals surface area contributed by atoms with Gasteiger partial charge in [0.25, 0.3) is 0 Å². The number of aryl methyl sites for hydroxylation is 1. The molecule has 0 spiro atoms. The van der Waals surface area contributed by atoms with Crippen LogP contribution in [0.15, 0.2) is 59.6 Å². The number of hydrogen-bond acceptors (Lipinski definition) is 3. The molecule has 1 saturated heterocycles. The molecule has 2 aromatic rings. The van der Waals surface area contributed by atoms with Gasteiger partial charge in [-0.1, -0.05) is 54.6 Å². The number of guanidine groups is 1. The molecule has 1 unspecified atom stereocenters. The minimum atomic E-state index is -0.176. The van der Waals surface area contributed by atoms with E-state index in [2.05, 4.69) is 77.1 Å². The Morgan fingerprint density at radius 1 is 1.09 bits per heavy atom. The van der Waals surface area contributed by atoms with Crippen LogP contribution in [0.3, 0.4) is 0 Å². The van der Waals surface area contributed by atoms with Crippen LogP contribution >= 0.6 is 0 Å². The van der Waals surface area contributed by atoms with Crippen LogP contribution in [0.2, 0.25) is 0 Å². The third-order valence-electron chi connectivity index (χ3n) is 5.85. The average molecular weight is 436 g/mol. The third kappa shape index (κ3) is 8.00. The number of carbonyl (C=O) groups is 1. The van der Waals surface area contributed by atoms with Gasteiger partial charge >= 0.3 is 0 Å². The quantitative estimate of drug-likeness (QED) is 0.304. The lowest BCUT2D eigenvalue weighted by Crippen LogP contribution is -2.40. The molecule has 32 heavy (non-hydrogen) atoms. The second-order valence-electron chi connectivity index (χ2n) is 8.51. The van der Waals surface area contributed by atoms with Crippen LogP contribution in [0.4, 0.5) is 0 Å². The zero-order valence-corrected chi connectivity index (χ0v) is 19.2. The van der Waals surface area contributed by atoms with Crippen molar-refractivity contribution < 1.29 is 4.79 Å². The molecular weight excluding hydrogens is 398 g/mol. The van der Waals surface area contributed by atoms with Crippen molar-refractivity contribution in [3.05, 3.63) is 71.3 Å². The normalized spacial score (nSPS) is 17.2. The Balaban J connectivity index is 1.50. The van der Waals surface area contributed by atoms with Crippen molar-refractivity contribution in [2.75, 3.05) is 26.2 Å². The summed E-state index contributed by atoms with van der Waals surface area (Å²) in [5.41, 5.74) is 9.33. The van der Waals surface area contributed by atoms with Gasteiger partial charge in [-0.3, -0.25) is 9.69 Å². The molecule has 1 aliphatic rings. The number of nitrogens with zero attached hydrogens (tertiary/aromatic N) is 2. The second kappa shape index (κ2) is 12.9. The van der Waals surface area contributed by atoms with E-state index in [0.717, 1.165) is 64.4 Å². The Bertz CT molecular complexity index is 868. The van der Waals surface area contributed by atoms with Crippen molar-refractivity contribution in [1.82, 2.24) is 15.5 Å². The summed E-state index contributed by atoms with van der Waals surface area (Å²) in [6, 6.07) is 19.1. The summed E-state index contributed by atoms with van der Waals surface area (Å²) in [7, 11) is 0. The summed E-state index contributed by atoms with van der Waals surface area (Å²) < 4.78 is 0. The molecule has 0 radical (unpaired) electrons. The Morgan fingerprint density at radius 3 is 2.66 bits per heavy atom. The number of hydrogen-bond donors (Lipinski definition) is 3. The van der Waals surface area contributed by atoms with Crippen molar-refractivity contribution in [2.45, 2.75) is 45.7 Å². The fourth-order valence-electron chi connectivity index (χ4n) is 4.17. The lowest BCUT2D eigenvalue weighted by Gasteiger charge is -2.31. The van der Waals surface area contributed by atoms with E-state index in [1.165, 1.54) is 16.7 Å². The molecule has 2 aromatic carbocycles. The highest BCUT2D eigenvalue weighted by molar-refractivity contribution is 5.79. The van der Waals surface area contributed by atoms with Gasteiger partial charge in [-0.15, -0.1) is 0 Å². The van der Waals surface area contributed by atoms with E-state index in [1.807, 2.05) is 0 Å². The summed E-state index contributed by atoms with van der Waals surface area (Å²) in [6.45, 7) is 7.06. The maximum Gasteiger partial charge on any atom is 0.221 e. The van der Waals surface area contributed by atoms with Gasteiger partial charge in [-0.25, -0.2) is 4.99 Å². The van der Waals surface area contributed by atoms with Gasteiger partial charge in [0.05, 0.1) is 12.5 Å².